The van der Waals surface area contributed by atoms with Gasteiger partial charge in [-0.3, -0.25) is 10.1 Å². The van der Waals surface area contributed by atoms with E-state index in [0.717, 1.165) is 11.3 Å². The Morgan fingerprint density at radius 3 is 2.94 bits per heavy atom. The summed E-state index contributed by atoms with van der Waals surface area (Å²) in [5, 5.41) is 10.6. The maximum absolute atomic E-state index is 10.6. The van der Waals surface area contributed by atoms with Crippen LogP contribution < -0.4 is 0 Å². The van der Waals surface area contributed by atoms with E-state index in [4.69, 9.17) is 0 Å². The largest absolute Gasteiger partial charge is 0.345 e. The van der Waals surface area contributed by atoms with Crippen molar-refractivity contribution >= 4 is 17.8 Å². The zero-order valence-electron chi connectivity index (χ0n) is 8.33. The minimum Gasteiger partial charge on any atom is -0.345 e. The molecule has 0 atom stereocenters. The van der Waals surface area contributed by atoms with Gasteiger partial charge in [-0.1, -0.05) is 18.2 Å². The third-order valence-corrected chi connectivity index (χ3v) is 2.06. The summed E-state index contributed by atoms with van der Waals surface area (Å²) >= 11 is 0. The Morgan fingerprint density at radius 2 is 2.25 bits per heavy atom. The molecule has 0 aliphatic rings. The molecule has 2 aromatic rings. The molecule has 5 heteroatoms. The summed E-state index contributed by atoms with van der Waals surface area (Å²) in [6, 6.07) is 6.45. The highest BCUT2D eigenvalue weighted by Gasteiger charge is 2.03. The predicted octanol–water partition coefficient (Wildman–Crippen LogP) is 2.49. The van der Waals surface area contributed by atoms with E-state index in [-0.39, 0.29) is 5.69 Å². The molecule has 0 aliphatic heterocycles. The number of nitrogens with one attached hydrogen (secondary N) is 1. The van der Waals surface area contributed by atoms with Gasteiger partial charge in [0.15, 0.2) is 0 Å². The third kappa shape index (κ3) is 2.33. The smallest absolute Gasteiger partial charge is 0.270 e. The van der Waals surface area contributed by atoms with Gasteiger partial charge in [-0.25, -0.2) is 4.98 Å². The summed E-state index contributed by atoms with van der Waals surface area (Å²) in [6.45, 7) is 0. The number of hydrogen-bond donors (Lipinski definition) is 1. The van der Waals surface area contributed by atoms with Crippen LogP contribution in [0.3, 0.4) is 0 Å². The fourth-order valence-electron chi connectivity index (χ4n) is 1.29. The Hall–Kier alpha value is -2.43. The van der Waals surface area contributed by atoms with Gasteiger partial charge >= 0.3 is 0 Å². The van der Waals surface area contributed by atoms with Crippen LogP contribution in [-0.2, 0) is 0 Å². The van der Waals surface area contributed by atoms with Gasteiger partial charge in [0.25, 0.3) is 5.69 Å². The van der Waals surface area contributed by atoms with Gasteiger partial charge in [0.05, 0.1) is 23.1 Å². The highest BCUT2D eigenvalue weighted by molar-refractivity contribution is 5.68. The number of nitro groups is 1. The molecule has 0 saturated heterocycles. The third-order valence-electron chi connectivity index (χ3n) is 2.06. The number of aromatic amines is 1. The van der Waals surface area contributed by atoms with Gasteiger partial charge in [0, 0.05) is 12.1 Å². The maximum atomic E-state index is 10.6. The average Bonchev–Trinajstić information content (AvgIpc) is 2.79. The Morgan fingerprint density at radius 1 is 1.38 bits per heavy atom. The van der Waals surface area contributed by atoms with Gasteiger partial charge < -0.3 is 4.98 Å². The Labute approximate surface area is 91.6 Å². The number of nitrogens with zero attached hydrogens (tertiary/aromatic N) is 2. The first kappa shape index (κ1) is 10.1. The van der Waals surface area contributed by atoms with Gasteiger partial charge in [0.2, 0.25) is 0 Å². The number of non-ortho nitro benzene ring substituents is 1. The molecule has 16 heavy (non-hydrogen) atoms. The number of benzene rings is 1. The number of imidazole rings is 1. The molecule has 0 unspecified atom stereocenters. The van der Waals surface area contributed by atoms with Crippen LogP contribution in [0.25, 0.3) is 12.2 Å². The van der Waals surface area contributed by atoms with E-state index in [2.05, 4.69) is 9.97 Å². The van der Waals surface area contributed by atoms with Crippen LogP contribution in [0.4, 0.5) is 5.69 Å². The second kappa shape index (κ2) is 4.39. The van der Waals surface area contributed by atoms with Crippen molar-refractivity contribution in [1.82, 2.24) is 9.97 Å². The number of aromatic nitrogens is 2. The van der Waals surface area contributed by atoms with Crippen molar-refractivity contribution < 1.29 is 4.92 Å². The maximum Gasteiger partial charge on any atom is 0.270 e. The lowest BCUT2D eigenvalue weighted by atomic mass is 10.2. The highest BCUT2D eigenvalue weighted by atomic mass is 16.6. The minimum atomic E-state index is -0.409. The number of H-pyrrole nitrogens is 1. The van der Waals surface area contributed by atoms with Crippen molar-refractivity contribution in [1.29, 1.82) is 0 Å². The van der Waals surface area contributed by atoms with E-state index < -0.39 is 4.92 Å². The van der Waals surface area contributed by atoms with Crippen molar-refractivity contribution in [2.24, 2.45) is 0 Å². The molecule has 1 N–H and O–H groups in total. The Balaban J connectivity index is 2.22. The van der Waals surface area contributed by atoms with Crippen LogP contribution in [0, 0.1) is 10.1 Å². The molecule has 0 radical (unpaired) electrons. The Kier molecular flexibility index (Phi) is 2.77. The lowest BCUT2D eigenvalue weighted by molar-refractivity contribution is -0.384. The average molecular weight is 215 g/mol. The normalized spacial score (nSPS) is 10.8. The molecule has 2 rings (SSSR count). The fourth-order valence-corrected chi connectivity index (χ4v) is 1.29. The minimum absolute atomic E-state index is 0.0896. The van der Waals surface area contributed by atoms with Crippen LogP contribution in [0.1, 0.15) is 11.3 Å². The molecule has 80 valence electrons. The molecule has 0 spiro atoms. The van der Waals surface area contributed by atoms with E-state index in [0.29, 0.717) is 0 Å². The molecule has 5 nitrogen and oxygen atoms in total. The molecule has 0 amide bonds. The van der Waals surface area contributed by atoms with Crippen LogP contribution in [0.15, 0.2) is 36.8 Å². The van der Waals surface area contributed by atoms with Crippen molar-refractivity contribution in [3.05, 3.63) is 58.2 Å². The second-order valence-corrected chi connectivity index (χ2v) is 3.19. The van der Waals surface area contributed by atoms with E-state index in [1.165, 1.54) is 12.1 Å². The molecule has 1 heterocycles. The van der Waals surface area contributed by atoms with E-state index in [9.17, 15) is 10.1 Å². The zero-order chi connectivity index (χ0) is 11.4. The summed E-state index contributed by atoms with van der Waals surface area (Å²) in [5.74, 6) is 0. The van der Waals surface area contributed by atoms with Crippen molar-refractivity contribution in [3.8, 4) is 0 Å². The zero-order valence-corrected chi connectivity index (χ0v) is 8.33. The summed E-state index contributed by atoms with van der Waals surface area (Å²) < 4.78 is 0. The molecule has 1 aromatic heterocycles. The quantitative estimate of drug-likeness (QED) is 0.631. The summed E-state index contributed by atoms with van der Waals surface area (Å²) in [5.41, 5.74) is 1.72. The molecule has 0 aliphatic carbocycles. The van der Waals surface area contributed by atoms with Crippen molar-refractivity contribution in [2.45, 2.75) is 0 Å². The molecule has 0 bridgehead atoms. The van der Waals surface area contributed by atoms with Crippen LogP contribution in [0.2, 0.25) is 0 Å². The Bertz CT molecular complexity index is 518. The summed E-state index contributed by atoms with van der Waals surface area (Å²) in [7, 11) is 0. The van der Waals surface area contributed by atoms with Gasteiger partial charge in [-0.2, -0.15) is 0 Å². The first-order valence-corrected chi connectivity index (χ1v) is 4.66. The first-order chi connectivity index (χ1) is 7.75. The molecular formula is C11H9N3O2. The first-order valence-electron chi connectivity index (χ1n) is 4.66. The monoisotopic (exact) mass is 215 g/mol. The second-order valence-electron chi connectivity index (χ2n) is 3.19. The van der Waals surface area contributed by atoms with E-state index in [1.807, 2.05) is 6.08 Å². The van der Waals surface area contributed by atoms with Crippen LogP contribution in [0.5, 0.6) is 0 Å². The molecule has 1 aromatic carbocycles. The highest BCUT2D eigenvalue weighted by Crippen LogP contribution is 2.14. The standard InChI is InChI=1S/C11H9N3O2/c15-14(16)11-3-1-2-9(6-11)4-5-10-7-12-8-13-10/h1-8H,(H,12,13)/b5-4+. The van der Waals surface area contributed by atoms with Crippen LogP contribution >= 0.6 is 0 Å². The number of rotatable bonds is 3. The van der Waals surface area contributed by atoms with Crippen molar-refractivity contribution in [2.75, 3.05) is 0 Å². The van der Waals surface area contributed by atoms with Crippen LogP contribution in [-0.4, -0.2) is 14.9 Å². The van der Waals surface area contributed by atoms with Crippen molar-refractivity contribution in [3.63, 3.8) is 0 Å². The van der Waals surface area contributed by atoms with E-state index >= 15 is 0 Å². The summed E-state index contributed by atoms with van der Waals surface area (Å²) in [4.78, 5) is 16.9. The van der Waals surface area contributed by atoms with Gasteiger partial charge in [-0.15, -0.1) is 0 Å². The summed E-state index contributed by atoms with van der Waals surface area (Å²) in [6.07, 6.45) is 6.85. The number of nitro benzene ring substituents is 1. The van der Waals surface area contributed by atoms with E-state index in [1.54, 1.807) is 30.7 Å². The van der Waals surface area contributed by atoms with Gasteiger partial charge in [0.1, 0.15) is 0 Å². The van der Waals surface area contributed by atoms with Gasteiger partial charge in [-0.05, 0) is 11.6 Å². The topological polar surface area (TPSA) is 71.8 Å². The molecule has 0 saturated carbocycles. The lowest BCUT2D eigenvalue weighted by Gasteiger charge is -1.93. The fraction of sp³-hybridized carbons (Fsp3) is 0. The lowest BCUT2D eigenvalue weighted by Crippen LogP contribution is -1.87. The predicted molar refractivity (Wildman–Crippen MR) is 60.6 cm³/mol. The SMILES string of the molecule is O=[N+]([O-])c1cccc(/C=C/c2cnc[nH]2)c1. The molecule has 0 fully saturated rings. The molecular weight excluding hydrogens is 206 g/mol. The number of hydrogen-bond acceptors (Lipinski definition) is 3.